The molecule has 0 bridgehead atoms. The lowest BCUT2D eigenvalue weighted by Gasteiger charge is -2.09. The summed E-state index contributed by atoms with van der Waals surface area (Å²) in [6, 6.07) is 13.8. The van der Waals surface area contributed by atoms with E-state index in [0.29, 0.717) is 5.69 Å². The zero-order valence-corrected chi connectivity index (χ0v) is 12.5. The molecular weight excluding hydrogens is 278 g/mol. The van der Waals surface area contributed by atoms with Crippen LogP contribution in [-0.4, -0.2) is 17.0 Å². The molecule has 2 aromatic carbocycles. The van der Waals surface area contributed by atoms with E-state index in [1.165, 1.54) is 12.1 Å². The fraction of sp³-hybridized carbons (Fsp3) is 0.222. The summed E-state index contributed by atoms with van der Waals surface area (Å²) in [4.78, 5) is 23.5. The SMILES string of the molecule is CCCCc1cccc(NC(=O)c2ccccc2C(=O)O)c1. The van der Waals surface area contributed by atoms with Crippen molar-refractivity contribution in [2.75, 3.05) is 5.32 Å². The van der Waals surface area contributed by atoms with E-state index < -0.39 is 11.9 Å². The number of aromatic carboxylic acids is 1. The third-order valence-corrected chi connectivity index (χ3v) is 3.41. The third-order valence-electron chi connectivity index (χ3n) is 3.41. The molecular formula is C18H19NO3. The van der Waals surface area contributed by atoms with Crippen molar-refractivity contribution in [3.63, 3.8) is 0 Å². The van der Waals surface area contributed by atoms with Gasteiger partial charge in [0.1, 0.15) is 0 Å². The van der Waals surface area contributed by atoms with Gasteiger partial charge in [0.15, 0.2) is 0 Å². The summed E-state index contributed by atoms with van der Waals surface area (Å²) in [6.45, 7) is 2.13. The van der Waals surface area contributed by atoms with Gasteiger partial charge in [-0.15, -0.1) is 0 Å². The number of rotatable bonds is 6. The molecule has 0 spiro atoms. The van der Waals surface area contributed by atoms with Gasteiger partial charge in [-0.3, -0.25) is 4.79 Å². The molecule has 114 valence electrons. The van der Waals surface area contributed by atoms with Gasteiger partial charge in [0.05, 0.1) is 11.1 Å². The van der Waals surface area contributed by atoms with Crippen LogP contribution in [0.4, 0.5) is 5.69 Å². The Labute approximate surface area is 129 Å². The molecule has 0 atom stereocenters. The maximum atomic E-state index is 12.3. The fourth-order valence-corrected chi connectivity index (χ4v) is 2.25. The number of benzene rings is 2. The first-order chi connectivity index (χ1) is 10.6. The number of carbonyl (C=O) groups excluding carboxylic acids is 1. The van der Waals surface area contributed by atoms with Crippen molar-refractivity contribution >= 4 is 17.6 Å². The van der Waals surface area contributed by atoms with Gasteiger partial charge >= 0.3 is 5.97 Å². The molecule has 2 N–H and O–H groups in total. The molecule has 1 amide bonds. The van der Waals surface area contributed by atoms with Crippen molar-refractivity contribution in [2.24, 2.45) is 0 Å². The van der Waals surface area contributed by atoms with Crippen molar-refractivity contribution in [3.8, 4) is 0 Å². The highest BCUT2D eigenvalue weighted by Gasteiger charge is 2.15. The zero-order chi connectivity index (χ0) is 15.9. The standard InChI is InChI=1S/C18H19NO3/c1-2-3-7-13-8-6-9-14(12-13)19-17(20)15-10-4-5-11-16(15)18(21)22/h4-6,8-12H,2-3,7H2,1H3,(H,19,20)(H,21,22). The number of nitrogens with one attached hydrogen (secondary N) is 1. The predicted octanol–water partition coefficient (Wildman–Crippen LogP) is 3.98. The predicted molar refractivity (Wildman–Crippen MR) is 86.4 cm³/mol. The normalized spacial score (nSPS) is 10.2. The second-order valence-corrected chi connectivity index (χ2v) is 5.11. The van der Waals surface area contributed by atoms with E-state index in [1.54, 1.807) is 18.2 Å². The van der Waals surface area contributed by atoms with Crippen molar-refractivity contribution in [1.29, 1.82) is 0 Å². The summed E-state index contributed by atoms with van der Waals surface area (Å²) in [5, 5.41) is 11.9. The summed E-state index contributed by atoms with van der Waals surface area (Å²) in [5.41, 5.74) is 2.00. The van der Waals surface area contributed by atoms with Gasteiger partial charge in [0.25, 0.3) is 5.91 Å². The van der Waals surface area contributed by atoms with Gasteiger partial charge < -0.3 is 10.4 Å². The Bertz CT molecular complexity index is 680. The number of amides is 1. The lowest BCUT2D eigenvalue weighted by molar-refractivity contribution is 0.0692. The van der Waals surface area contributed by atoms with E-state index in [4.69, 9.17) is 5.11 Å². The highest BCUT2D eigenvalue weighted by atomic mass is 16.4. The highest BCUT2D eigenvalue weighted by molar-refractivity contribution is 6.10. The minimum Gasteiger partial charge on any atom is -0.478 e. The van der Waals surface area contributed by atoms with E-state index in [0.717, 1.165) is 24.8 Å². The molecule has 4 nitrogen and oxygen atoms in total. The Balaban J connectivity index is 2.17. The van der Waals surface area contributed by atoms with Crippen LogP contribution in [0.15, 0.2) is 48.5 Å². The van der Waals surface area contributed by atoms with Crippen LogP contribution in [0.3, 0.4) is 0 Å². The molecule has 4 heteroatoms. The molecule has 22 heavy (non-hydrogen) atoms. The van der Waals surface area contributed by atoms with E-state index in [9.17, 15) is 9.59 Å². The zero-order valence-electron chi connectivity index (χ0n) is 12.5. The number of hydrogen-bond donors (Lipinski definition) is 2. The van der Waals surface area contributed by atoms with Crippen LogP contribution in [0.2, 0.25) is 0 Å². The minimum absolute atomic E-state index is 0.00198. The topological polar surface area (TPSA) is 66.4 Å². The smallest absolute Gasteiger partial charge is 0.336 e. The molecule has 0 fully saturated rings. The number of carboxylic acids is 1. The average Bonchev–Trinajstić information content (AvgIpc) is 2.53. The van der Waals surface area contributed by atoms with Gasteiger partial charge in [-0.2, -0.15) is 0 Å². The Morgan fingerprint density at radius 2 is 1.77 bits per heavy atom. The molecule has 0 heterocycles. The summed E-state index contributed by atoms with van der Waals surface area (Å²) in [6.07, 6.45) is 3.17. The number of carbonyl (C=O) groups is 2. The van der Waals surface area contributed by atoms with Crippen LogP contribution >= 0.6 is 0 Å². The number of anilines is 1. The molecule has 0 saturated carbocycles. The Hall–Kier alpha value is -2.62. The van der Waals surface area contributed by atoms with Crippen LogP contribution in [0.25, 0.3) is 0 Å². The van der Waals surface area contributed by atoms with Crippen LogP contribution in [0, 0.1) is 0 Å². The first-order valence-corrected chi connectivity index (χ1v) is 7.34. The lowest BCUT2D eigenvalue weighted by atomic mass is 10.1. The number of aryl methyl sites for hydroxylation is 1. The quantitative estimate of drug-likeness (QED) is 0.847. The van der Waals surface area contributed by atoms with E-state index in [-0.39, 0.29) is 11.1 Å². The Morgan fingerprint density at radius 1 is 1.05 bits per heavy atom. The molecule has 0 radical (unpaired) electrons. The van der Waals surface area contributed by atoms with Crippen LogP contribution in [0.1, 0.15) is 46.0 Å². The molecule has 0 aliphatic carbocycles. The van der Waals surface area contributed by atoms with Gasteiger partial charge in [-0.25, -0.2) is 4.79 Å². The number of carboxylic acid groups (broad SMARTS) is 1. The molecule has 2 rings (SSSR count). The molecule has 2 aromatic rings. The second kappa shape index (κ2) is 7.41. The molecule has 0 unspecified atom stereocenters. The fourth-order valence-electron chi connectivity index (χ4n) is 2.25. The number of unbranched alkanes of at least 4 members (excludes halogenated alkanes) is 1. The summed E-state index contributed by atoms with van der Waals surface area (Å²) in [5.74, 6) is -1.52. The van der Waals surface area contributed by atoms with Crippen LogP contribution in [-0.2, 0) is 6.42 Å². The van der Waals surface area contributed by atoms with E-state index >= 15 is 0 Å². The summed E-state index contributed by atoms with van der Waals surface area (Å²) >= 11 is 0. The molecule has 0 aromatic heterocycles. The maximum absolute atomic E-state index is 12.3. The molecule has 0 saturated heterocycles. The second-order valence-electron chi connectivity index (χ2n) is 5.11. The lowest BCUT2D eigenvalue weighted by Crippen LogP contribution is -2.16. The van der Waals surface area contributed by atoms with Crippen molar-refractivity contribution in [1.82, 2.24) is 0 Å². The summed E-state index contributed by atoms with van der Waals surface area (Å²) < 4.78 is 0. The van der Waals surface area contributed by atoms with Crippen molar-refractivity contribution in [2.45, 2.75) is 26.2 Å². The van der Waals surface area contributed by atoms with Crippen LogP contribution < -0.4 is 5.32 Å². The third kappa shape index (κ3) is 3.95. The maximum Gasteiger partial charge on any atom is 0.336 e. The summed E-state index contributed by atoms with van der Waals surface area (Å²) in [7, 11) is 0. The number of hydrogen-bond acceptors (Lipinski definition) is 2. The van der Waals surface area contributed by atoms with Crippen LogP contribution in [0.5, 0.6) is 0 Å². The van der Waals surface area contributed by atoms with Gasteiger partial charge in [-0.05, 0) is 42.7 Å². The Kier molecular flexibility index (Phi) is 5.31. The molecule has 0 aliphatic heterocycles. The first-order valence-electron chi connectivity index (χ1n) is 7.34. The van der Waals surface area contributed by atoms with E-state index in [2.05, 4.69) is 12.2 Å². The molecule has 0 aliphatic rings. The van der Waals surface area contributed by atoms with Gasteiger partial charge in [0.2, 0.25) is 0 Å². The Morgan fingerprint density at radius 3 is 2.45 bits per heavy atom. The monoisotopic (exact) mass is 297 g/mol. The largest absolute Gasteiger partial charge is 0.478 e. The van der Waals surface area contributed by atoms with Gasteiger partial charge in [-0.1, -0.05) is 37.6 Å². The first kappa shape index (κ1) is 15.8. The highest BCUT2D eigenvalue weighted by Crippen LogP contribution is 2.16. The average molecular weight is 297 g/mol. The van der Waals surface area contributed by atoms with Gasteiger partial charge in [0, 0.05) is 5.69 Å². The van der Waals surface area contributed by atoms with Crippen molar-refractivity contribution < 1.29 is 14.7 Å². The van der Waals surface area contributed by atoms with E-state index in [1.807, 2.05) is 18.2 Å². The van der Waals surface area contributed by atoms with Crippen molar-refractivity contribution in [3.05, 3.63) is 65.2 Å². The minimum atomic E-state index is -1.11.